The molecule has 1 aliphatic heterocycles. The molecule has 3 heteroatoms. The number of nitrogens with one attached hydrogen (secondary N) is 1. The van der Waals surface area contributed by atoms with Crippen LogP contribution in [0.4, 0.5) is 10.1 Å². The molecule has 1 aliphatic rings. The molecule has 0 radical (unpaired) electrons. The van der Waals surface area contributed by atoms with Crippen molar-refractivity contribution in [3.8, 4) is 0 Å². The van der Waals surface area contributed by atoms with Gasteiger partial charge in [-0.3, -0.25) is 4.90 Å². The van der Waals surface area contributed by atoms with Gasteiger partial charge in [0.15, 0.2) is 0 Å². The maximum absolute atomic E-state index is 14.4. The Kier molecular flexibility index (Phi) is 5.69. The highest BCUT2D eigenvalue weighted by Crippen LogP contribution is 2.39. The highest BCUT2D eigenvalue weighted by Gasteiger charge is 2.38. The van der Waals surface area contributed by atoms with Crippen molar-refractivity contribution in [1.29, 1.82) is 0 Å². The molecule has 0 saturated carbocycles. The smallest absolute Gasteiger partial charge is 0.149 e. The van der Waals surface area contributed by atoms with Crippen LogP contribution < -0.4 is 5.32 Å². The number of benzene rings is 1. The summed E-state index contributed by atoms with van der Waals surface area (Å²) in [4.78, 5) is 2.34. The first-order chi connectivity index (χ1) is 11.7. The molecule has 1 unspecified atom stereocenters. The minimum Gasteiger partial charge on any atom is -0.353 e. The summed E-state index contributed by atoms with van der Waals surface area (Å²) in [6.07, 6.45) is 4.08. The lowest BCUT2D eigenvalue weighted by atomic mass is 9.83. The average molecular weight is 340 g/mol. The summed E-state index contributed by atoms with van der Waals surface area (Å²) in [5, 5.41) is 3.15. The van der Waals surface area contributed by atoms with Gasteiger partial charge in [0.05, 0.1) is 5.69 Å². The number of anilines is 1. The summed E-state index contributed by atoms with van der Waals surface area (Å²) in [6, 6.07) is 5.31. The zero-order valence-electron chi connectivity index (χ0n) is 15.9. The summed E-state index contributed by atoms with van der Waals surface area (Å²) >= 11 is 0. The first-order valence-electron chi connectivity index (χ1n) is 8.68. The molecule has 1 saturated heterocycles. The Labute approximate surface area is 151 Å². The number of aryl methyl sites for hydroxylation is 1. The summed E-state index contributed by atoms with van der Waals surface area (Å²) in [6.45, 7) is 19.3. The number of hydrogen-bond acceptors (Lipinski definition) is 2. The lowest BCUT2D eigenvalue weighted by Crippen LogP contribution is -2.40. The fraction of sp³-hybridized carbons (Fsp3) is 0.364. The second kappa shape index (κ2) is 7.40. The molecular weight excluding hydrogens is 311 g/mol. The maximum atomic E-state index is 14.4. The molecule has 0 spiro atoms. The van der Waals surface area contributed by atoms with Crippen LogP contribution in [0, 0.1) is 12.7 Å². The highest BCUT2D eigenvalue weighted by molar-refractivity contribution is 5.62. The van der Waals surface area contributed by atoms with E-state index in [2.05, 4.69) is 43.9 Å². The predicted molar refractivity (Wildman–Crippen MR) is 106 cm³/mol. The third-order valence-corrected chi connectivity index (χ3v) is 5.26. The normalized spacial score (nSPS) is 21.6. The molecular formula is C22H29FN2. The van der Waals surface area contributed by atoms with Crippen LogP contribution >= 0.6 is 0 Å². The van der Waals surface area contributed by atoms with Crippen LogP contribution in [0.3, 0.4) is 0 Å². The first-order valence-corrected chi connectivity index (χ1v) is 8.68. The van der Waals surface area contributed by atoms with E-state index in [4.69, 9.17) is 0 Å². The van der Waals surface area contributed by atoms with Crippen LogP contribution in [-0.2, 0) is 0 Å². The first kappa shape index (κ1) is 19.2. The molecule has 1 N–H and O–H groups in total. The van der Waals surface area contributed by atoms with Crippen LogP contribution in [0.15, 0.2) is 66.4 Å². The van der Waals surface area contributed by atoms with Crippen molar-refractivity contribution in [3.63, 3.8) is 0 Å². The van der Waals surface area contributed by atoms with Gasteiger partial charge in [-0.05, 0) is 70.0 Å². The SMILES string of the molecule is C=C/C(=C(/C(=C)C)C(=C)Nc1cccc(C)c1F)C1(C)CCCN1C. The molecule has 1 atom stereocenters. The molecule has 134 valence electrons. The Morgan fingerprint density at radius 1 is 1.36 bits per heavy atom. The molecule has 0 amide bonds. The van der Waals surface area contributed by atoms with Crippen LogP contribution in [0.2, 0.25) is 0 Å². The van der Waals surface area contributed by atoms with Gasteiger partial charge in [-0.15, -0.1) is 0 Å². The molecule has 2 nitrogen and oxygen atoms in total. The molecule has 0 bridgehead atoms. The third-order valence-electron chi connectivity index (χ3n) is 5.26. The van der Waals surface area contributed by atoms with E-state index in [0.717, 1.165) is 36.1 Å². The van der Waals surface area contributed by atoms with E-state index < -0.39 is 0 Å². The molecule has 2 rings (SSSR count). The van der Waals surface area contributed by atoms with Gasteiger partial charge in [0.2, 0.25) is 0 Å². The third kappa shape index (κ3) is 3.62. The number of halogens is 1. The van der Waals surface area contributed by atoms with Gasteiger partial charge in [-0.2, -0.15) is 0 Å². The molecule has 1 aromatic carbocycles. The van der Waals surface area contributed by atoms with E-state index >= 15 is 0 Å². The fourth-order valence-corrected chi connectivity index (χ4v) is 3.65. The van der Waals surface area contributed by atoms with Crippen LogP contribution in [0.25, 0.3) is 0 Å². The van der Waals surface area contributed by atoms with Crippen molar-refractivity contribution in [1.82, 2.24) is 4.90 Å². The summed E-state index contributed by atoms with van der Waals surface area (Å²) in [5.74, 6) is -0.255. The number of nitrogens with zero attached hydrogens (tertiary/aromatic N) is 1. The highest BCUT2D eigenvalue weighted by atomic mass is 19.1. The monoisotopic (exact) mass is 340 g/mol. The van der Waals surface area contributed by atoms with Gasteiger partial charge in [0, 0.05) is 16.8 Å². The van der Waals surface area contributed by atoms with Gasteiger partial charge in [0.1, 0.15) is 5.82 Å². The second-order valence-corrected chi connectivity index (χ2v) is 7.11. The van der Waals surface area contributed by atoms with E-state index in [1.54, 1.807) is 19.1 Å². The number of rotatable bonds is 6. The van der Waals surface area contributed by atoms with Gasteiger partial charge in [0.25, 0.3) is 0 Å². The van der Waals surface area contributed by atoms with Crippen molar-refractivity contribution in [3.05, 3.63) is 77.8 Å². The number of hydrogen-bond donors (Lipinski definition) is 1. The summed E-state index contributed by atoms with van der Waals surface area (Å²) in [5.41, 5.74) is 4.46. The summed E-state index contributed by atoms with van der Waals surface area (Å²) in [7, 11) is 2.13. The van der Waals surface area contributed by atoms with Gasteiger partial charge < -0.3 is 5.32 Å². The predicted octanol–water partition coefficient (Wildman–Crippen LogP) is 5.60. The minimum absolute atomic E-state index is 0.119. The van der Waals surface area contributed by atoms with Gasteiger partial charge in [-0.25, -0.2) is 4.39 Å². The van der Waals surface area contributed by atoms with Crippen molar-refractivity contribution in [2.75, 3.05) is 18.9 Å². The van der Waals surface area contributed by atoms with E-state index in [0.29, 0.717) is 16.9 Å². The van der Waals surface area contributed by atoms with Crippen LogP contribution in [0.1, 0.15) is 32.3 Å². The Hall–Kier alpha value is -2.13. The van der Waals surface area contributed by atoms with E-state index in [1.165, 1.54) is 0 Å². The standard InChI is InChI=1S/C22H29FN2/c1-8-18(22(6)13-10-14-25(22)7)20(15(2)3)17(5)24-19-12-9-11-16(4)21(19)23/h8-9,11-12,24H,1-2,5,10,13-14H2,3-4,6-7H3/b20-18+. The average Bonchev–Trinajstić information content (AvgIpc) is 2.88. The Balaban J connectivity index is 2.48. The van der Waals surface area contributed by atoms with Gasteiger partial charge in [-0.1, -0.05) is 37.9 Å². The molecule has 0 aliphatic carbocycles. The van der Waals surface area contributed by atoms with Crippen molar-refractivity contribution in [2.45, 2.75) is 39.2 Å². The topological polar surface area (TPSA) is 15.3 Å². The minimum atomic E-state index is -0.255. The zero-order valence-corrected chi connectivity index (χ0v) is 15.9. The van der Waals surface area contributed by atoms with Crippen molar-refractivity contribution < 1.29 is 4.39 Å². The van der Waals surface area contributed by atoms with E-state index in [-0.39, 0.29) is 11.4 Å². The van der Waals surface area contributed by atoms with Crippen molar-refractivity contribution >= 4 is 5.69 Å². The Morgan fingerprint density at radius 3 is 2.56 bits per heavy atom. The molecule has 1 fully saturated rings. The fourth-order valence-electron chi connectivity index (χ4n) is 3.65. The van der Waals surface area contributed by atoms with E-state index in [1.807, 2.05) is 19.1 Å². The number of likely N-dealkylation sites (tertiary alicyclic amines) is 1. The van der Waals surface area contributed by atoms with E-state index in [9.17, 15) is 4.39 Å². The lowest BCUT2D eigenvalue weighted by Gasteiger charge is -2.36. The zero-order chi connectivity index (χ0) is 18.8. The molecule has 1 aromatic rings. The molecule has 0 aromatic heterocycles. The largest absolute Gasteiger partial charge is 0.353 e. The molecule has 1 heterocycles. The maximum Gasteiger partial charge on any atom is 0.149 e. The number of likely N-dealkylation sites (N-methyl/N-ethyl adjacent to an activating group) is 1. The van der Waals surface area contributed by atoms with Gasteiger partial charge >= 0.3 is 0 Å². The quantitative estimate of drug-likeness (QED) is 0.678. The lowest BCUT2D eigenvalue weighted by molar-refractivity contribution is 0.240. The summed E-state index contributed by atoms with van der Waals surface area (Å²) < 4.78 is 14.4. The Bertz CT molecular complexity index is 744. The number of allylic oxidation sites excluding steroid dienone is 1. The van der Waals surface area contributed by atoms with Crippen LogP contribution in [0.5, 0.6) is 0 Å². The second-order valence-electron chi connectivity index (χ2n) is 7.11. The molecule has 25 heavy (non-hydrogen) atoms. The Morgan fingerprint density at radius 2 is 2.04 bits per heavy atom. The van der Waals surface area contributed by atoms with Crippen LogP contribution in [-0.4, -0.2) is 24.0 Å². The van der Waals surface area contributed by atoms with Crippen molar-refractivity contribution in [2.24, 2.45) is 0 Å².